The lowest BCUT2D eigenvalue weighted by Crippen LogP contribution is -2.40. The molecule has 4 rings (SSSR count). The van der Waals surface area contributed by atoms with Crippen molar-refractivity contribution in [2.75, 3.05) is 37.7 Å². The van der Waals surface area contributed by atoms with Gasteiger partial charge in [-0.15, -0.1) is 0 Å². The van der Waals surface area contributed by atoms with Crippen LogP contribution in [0.3, 0.4) is 0 Å². The van der Waals surface area contributed by atoms with Gasteiger partial charge in [0.15, 0.2) is 0 Å². The van der Waals surface area contributed by atoms with Gasteiger partial charge in [-0.2, -0.15) is 4.31 Å². The molecule has 0 saturated carbocycles. The van der Waals surface area contributed by atoms with Crippen LogP contribution < -0.4 is 4.90 Å². The van der Waals surface area contributed by atoms with E-state index in [1.165, 1.54) is 9.87 Å². The predicted molar refractivity (Wildman–Crippen MR) is 116 cm³/mol. The highest BCUT2D eigenvalue weighted by atomic mass is 32.2. The number of carbonyl (C=O) groups excluding carboxylic acids is 1. The van der Waals surface area contributed by atoms with Crippen molar-refractivity contribution < 1.29 is 17.9 Å². The summed E-state index contributed by atoms with van der Waals surface area (Å²) in [4.78, 5) is 15.1. The van der Waals surface area contributed by atoms with Crippen LogP contribution >= 0.6 is 0 Å². The van der Waals surface area contributed by atoms with E-state index in [-0.39, 0.29) is 5.91 Å². The maximum absolute atomic E-state index is 12.9. The van der Waals surface area contributed by atoms with E-state index in [0.29, 0.717) is 44.0 Å². The molecule has 2 aliphatic rings. The molecule has 0 unspecified atom stereocenters. The summed E-state index contributed by atoms with van der Waals surface area (Å²) in [5, 5.41) is 0. The SMILES string of the molecule is Cc1cccc2c1N(C(=O)CCc1ccc(S(=O)(=O)N3CCOCC3)cc1)CCC2. The number of hydrogen-bond donors (Lipinski definition) is 0. The summed E-state index contributed by atoms with van der Waals surface area (Å²) in [7, 11) is -3.49. The van der Waals surface area contributed by atoms with E-state index >= 15 is 0 Å². The monoisotopic (exact) mass is 428 g/mol. The first-order chi connectivity index (χ1) is 14.5. The topological polar surface area (TPSA) is 66.9 Å². The third-order valence-electron chi connectivity index (χ3n) is 5.88. The van der Waals surface area contributed by atoms with Crippen molar-refractivity contribution in [2.24, 2.45) is 0 Å². The second-order valence-electron chi connectivity index (χ2n) is 7.89. The third kappa shape index (κ3) is 4.29. The van der Waals surface area contributed by atoms with Crippen LogP contribution in [-0.2, 0) is 32.4 Å². The average Bonchev–Trinajstić information content (AvgIpc) is 2.78. The Morgan fingerprint density at radius 3 is 2.50 bits per heavy atom. The Bertz CT molecular complexity index is 1010. The molecule has 30 heavy (non-hydrogen) atoms. The first-order valence-electron chi connectivity index (χ1n) is 10.5. The average molecular weight is 429 g/mol. The molecule has 0 N–H and O–H groups in total. The van der Waals surface area contributed by atoms with Crippen LogP contribution in [0.5, 0.6) is 0 Å². The zero-order valence-corrected chi connectivity index (χ0v) is 18.2. The van der Waals surface area contributed by atoms with Crippen molar-refractivity contribution in [1.82, 2.24) is 4.31 Å². The Morgan fingerprint density at radius 2 is 1.77 bits per heavy atom. The molecule has 2 aliphatic heterocycles. The summed E-state index contributed by atoms with van der Waals surface area (Å²) in [5.74, 6) is 0.121. The van der Waals surface area contributed by atoms with E-state index in [9.17, 15) is 13.2 Å². The standard InChI is InChI=1S/C23H28N2O4S/c1-18-4-2-5-20-6-3-13-25(23(18)20)22(26)12-9-19-7-10-21(11-8-19)30(27,28)24-14-16-29-17-15-24/h2,4-5,7-8,10-11H,3,6,9,12-17H2,1H3. The van der Waals surface area contributed by atoms with Crippen LogP contribution in [0.25, 0.3) is 0 Å². The number of anilines is 1. The van der Waals surface area contributed by atoms with E-state index < -0.39 is 10.0 Å². The number of morpholine rings is 1. The molecule has 2 aromatic rings. The zero-order chi connectivity index (χ0) is 21.1. The minimum atomic E-state index is -3.49. The second kappa shape index (κ2) is 8.88. The molecule has 0 aromatic heterocycles. The Hall–Kier alpha value is -2.22. The summed E-state index contributed by atoms with van der Waals surface area (Å²) in [5.41, 5.74) is 4.41. The van der Waals surface area contributed by atoms with Crippen LogP contribution in [0.2, 0.25) is 0 Å². The number of ether oxygens (including phenoxy) is 1. The van der Waals surface area contributed by atoms with E-state index in [1.807, 2.05) is 17.0 Å². The number of carbonyl (C=O) groups is 1. The fraction of sp³-hybridized carbons (Fsp3) is 0.435. The summed E-state index contributed by atoms with van der Waals surface area (Å²) in [6, 6.07) is 13.1. The van der Waals surface area contributed by atoms with E-state index in [0.717, 1.165) is 36.2 Å². The molecule has 2 aromatic carbocycles. The predicted octanol–water partition coefficient (Wildman–Crippen LogP) is 2.93. The molecule has 0 spiro atoms. The van der Waals surface area contributed by atoms with Crippen molar-refractivity contribution in [2.45, 2.75) is 37.5 Å². The molecule has 0 radical (unpaired) electrons. The lowest BCUT2D eigenvalue weighted by Gasteiger charge is -2.31. The van der Waals surface area contributed by atoms with Gasteiger partial charge in [0.25, 0.3) is 0 Å². The van der Waals surface area contributed by atoms with Gasteiger partial charge >= 0.3 is 0 Å². The van der Waals surface area contributed by atoms with Crippen LogP contribution in [0.15, 0.2) is 47.4 Å². The van der Waals surface area contributed by atoms with Crippen LogP contribution in [-0.4, -0.2) is 51.5 Å². The van der Waals surface area contributed by atoms with Gasteiger partial charge in [0.1, 0.15) is 0 Å². The first-order valence-corrected chi connectivity index (χ1v) is 12.0. The van der Waals surface area contributed by atoms with Crippen molar-refractivity contribution >= 4 is 21.6 Å². The third-order valence-corrected chi connectivity index (χ3v) is 7.79. The molecule has 0 bridgehead atoms. The molecule has 2 heterocycles. The Labute approximate surface area is 178 Å². The fourth-order valence-electron chi connectivity index (χ4n) is 4.25. The van der Waals surface area contributed by atoms with Crippen molar-refractivity contribution in [3.63, 3.8) is 0 Å². The van der Waals surface area contributed by atoms with Crippen molar-refractivity contribution in [3.8, 4) is 0 Å². The fourth-order valence-corrected chi connectivity index (χ4v) is 5.65. The number of benzene rings is 2. The first kappa shape index (κ1) is 21.0. The normalized spacial score (nSPS) is 17.6. The van der Waals surface area contributed by atoms with Crippen molar-refractivity contribution in [1.29, 1.82) is 0 Å². The van der Waals surface area contributed by atoms with E-state index in [2.05, 4.69) is 25.1 Å². The van der Waals surface area contributed by atoms with Gasteiger partial charge in [0.05, 0.1) is 18.1 Å². The minimum absolute atomic E-state index is 0.121. The molecule has 7 heteroatoms. The number of hydrogen-bond acceptors (Lipinski definition) is 4. The van der Waals surface area contributed by atoms with Gasteiger partial charge in [0.2, 0.25) is 15.9 Å². The number of amides is 1. The molecule has 1 fully saturated rings. The molecule has 0 atom stereocenters. The lowest BCUT2D eigenvalue weighted by molar-refractivity contribution is -0.118. The Kier molecular flexibility index (Phi) is 6.22. The van der Waals surface area contributed by atoms with Gasteiger partial charge < -0.3 is 9.64 Å². The Morgan fingerprint density at radius 1 is 1.03 bits per heavy atom. The molecular formula is C23H28N2O4S. The second-order valence-corrected chi connectivity index (χ2v) is 9.83. The summed E-state index contributed by atoms with van der Waals surface area (Å²) < 4.78 is 32.2. The molecular weight excluding hydrogens is 400 g/mol. The van der Waals surface area contributed by atoms with Crippen LogP contribution in [0, 0.1) is 6.92 Å². The highest BCUT2D eigenvalue weighted by molar-refractivity contribution is 7.89. The molecule has 1 amide bonds. The Balaban J connectivity index is 1.41. The summed E-state index contributed by atoms with van der Waals surface area (Å²) in [6.45, 7) is 4.44. The van der Waals surface area contributed by atoms with Gasteiger partial charge in [0, 0.05) is 31.7 Å². The molecule has 1 saturated heterocycles. The maximum atomic E-state index is 12.9. The van der Waals surface area contributed by atoms with Gasteiger partial charge in [-0.1, -0.05) is 30.3 Å². The van der Waals surface area contributed by atoms with Crippen molar-refractivity contribution in [3.05, 3.63) is 59.2 Å². The highest BCUT2D eigenvalue weighted by Crippen LogP contribution is 2.31. The summed E-state index contributed by atoms with van der Waals surface area (Å²) in [6.07, 6.45) is 2.99. The number of nitrogens with zero attached hydrogens (tertiary/aromatic N) is 2. The quantitative estimate of drug-likeness (QED) is 0.734. The molecule has 0 aliphatic carbocycles. The van der Waals surface area contributed by atoms with Gasteiger partial charge in [-0.05, 0) is 55.0 Å². The maximum Gasteiger partial charge on any atom is 0.243 e. The van der Waals surface area contributed by atoms with E-state index in [1.54, 1.807) is 12.1 Å². The number of para-hydroxylation sites is 1. The van der Waals surface area contributed by atoms with Crippen LogP contribution in [0.1, 0.15) is 29.5 Å². The zero-order valence-electron chi connectivity index (χ0n) is 17.3. The lowest BCUT2D eigenvalue weighted by atomic mass is 9.97. The smallest absolute Gasteiger partial charge is 0.243 e. The van der Waals surface area contributed by atoms with Crippen LogP contribution in [0.4, 0.5) is 5.69 Å². The molecule has 6 nitrogen and oxygen atoms in total. The number of aryl methyl sites for hydroxylation is 3. The number of rotatable bonds is 5. The number of sulfonamides is 1. The number of fused-ring (bicyclic) bond motifs is 1. The largest absolute Gasteiger partial charge is 0.379 e. The molecule has 160 valence electrons. The minimum Gasteiger partial charge on any atom is -0.379 e. The highest BCUT2D eigenvalue weighted by Gasteiger charge is 2.26. The van der Waals surface area contributed by atoms with Gasteiger partial charge in [-0.3, -0.25) is 4.79 Å². The summed E-state index contributed by atoms with van der Waals surface area (Å²) >= 11 is 0. The van der Waals surface area contributed by atoms with E-state index in [4.69, 9.17) is 4.74 Å². The van der Waals surface area contributed by atoms with Gasteiger partial charge in [-0.25, -0.2) is 8.42 Å².